The minimum absolute atomic E-state index is 0.195. The average molecular weight is 370 g/mol. The molecule has 4 rings (SSSR count). The summed E-state index contributed by atoms with van der Waals surface area (Å²) < 4.78 is 25.0. The Morgan fingerprint density at radius 1 is 1.11 bits per heavy atom. The molecule has 0 radical (unpaired) electrons. The van der Waals surface area contributed by atoms with Gasteiger partial charge in [-0.05, 0) is 43.1 Å². The van der Waals surface area contributed by atoms with Gasteiger partial charge in [-0.3, -0.25) is 4.90 Å². The first-order valence-electron chi connectivity index (χ1n) is 9.63. The molecule has 0 spiro atoms. The van der Waals surface area contributed by atoms with Gasteiger partial charge < -0.3 is 14.8 Å². The highest BCUT2D eigenvalue weighted by molar-refractivity contribution is 5.34. The molecule has 0 bridgehead atoms. The second-order valence-electron chi connectivity index (χ2n) is 7.46. The number of rotatable bonds is 5. The quantitative estimate of drug-likeness (QED) is 0.873. The van der Waals surface area contributed by atoms with Gasteiger partial charge in [0.05, 0.1) is 14.2 Å². The summed E-state index contributed by atoms with van der Waals surface area (Å²) in [6.45, 7) is 2.59. The lowest BCUT2D eigenvalue weighted by Crippen LogP contribution is -2.48. The number of halogens is 1. The highest BCUT2D eigenvalue weighted by Gasteiger charge is 2.43. The summed E-state index contributed by atoms with van der Waals surface area (Å²) >= 11 is 0. The van der Waals surface area contributed by atoms with Crippen LogP contribution < -0.4 is 14.8 Å². The van der Waals surface area contributed by atoms with Gasteiger partial charge in [0.25, 0.3) is 0 Å². The van der Waals surface area contributed by atoms with Crippen LogP contribution >= 0.6 is 0 Å². The lowest BCUT2D eigenvalue weighted by molar-refractivity contribution is 0.192. The van der Waals surface area contributed by atoms with Crippen LogP contribution in [0, 0.1) is 5.82 Å². The molecule has 2 saturated heterocycles. The van der Waals surface area contributed by atoms with E-state index in [0.29, 0.717) is 30.3 Å². The Labute approximate surface area is 160 Å². The molecule has 2 aromatic rings. The van der Waals surface area contributed by atoms with Crippen molar-refractivity contribution in [2.45, 2.75) is 37.4 Å². The number of hydrogen-bond donors (Lipinski definition) is 1. The van der Waals surface area contributed by atoms with E-state index in [1.165, 1.54) is 11.6 Å². The number of fused-ring (bicyclic) bond motifs is 1. The van der Waals surface area contributed by atoms with E-state index in [0.717, 1.165) is 37.2 Å². The number of hydrogen-bond acceptors (Lipinski definition) is 4. The summed E-state index contributed by atoms with van der Waals surface area (Å²) in [5.74, 6) is 1.63. The van der Waals surface area contributed by atoms with Gasteiger partial charge in [0.2, 0.25) is 0 Å². The minimum atomic E-state index is -0.195. The zero-order chi connectivity index (χ0) is 18.8. The molecule has 4 nitrogen and oxygen atoms in total. The Morgan fingerprint density at radius 2 is 1.93 bits per heavy atom. The van der Waals surface area contributed by atoms with Gasteiger partial charge in [0, 0.05) is 42.7 Å². The monoisotopic (exact) mass is 370 g/mol. The largest absolute Gasteiger partial charge is 0.497 e. The number of nitrogens with zero attached hydrogens (tertiary/aromatic N) is 1. The molecule has 1 N–H and O–H groups in total. The highest BCUT2D eigenvalue weighted by Crippen LogP contribution is 2.38. The maximum atomic E-state index is 14.5. The summed E-state index contributed by atoms with van der Waals surface area (Å²) in [7, 11) is 3.26. The van der Waals surface area contributed by atoms with Crippen molar-refractivity contribution in [3.8, 4) is 11.5 Å². The molecule has 2 aliphatic heterocycles. The number of benzene rings is 2. The zero-order valence-corrected chi connectivity index (χ0v) is 16.0. The standard InChI is InChI=1S/C22H27FN2O2/c1-26-17-6-3-5-15(11-17)19-14-25(21-7-4-10-24-22(19)21)13-16-8-9-18(27-2)12-20(16)23/h3,5-6,8-9,11-12,19,21-22,24H,4,7,10,13-14H2,1-2H3/t19-,21-,22-/m1/s1. The van der Waals surface area contributed by atoms with Gasteiger partial charge in [0.1, 0.15) is 17.3 Å². The lowest BCUT2D eigenvalue weighted by atomic mass is 9.87. The average Bonchev–Trinajstić information content (AvgIpc) is 3.08. The number of nitrogens with one attached hydrogen (secondary N) is 1. The predicted octanol–water partition coefficient (Wildman–Crippen LogP) is 3.56. The number of likely N-dealkylation sites (tertiary alicyclic amines) is 1. The number of ether oxygens (including phenoxy) is 2. The van der Waals surface area contributed by atoms with Crippen molar-refractivity contribution in [1.82, 2.24) is 10.2 Å². The van der Waals surface area contributed by atoms with Crippen LogP contribution in [0.5, 0.6) is 11.5 Å². The van der Waals surface area contributed by atoms with Crippen molar-refractivity contribution in [3.05, 3.63) is 59.4 Å². The Morgan fingerprint density at radius 3 is 2.70 bits per heavy atom. The van der Waals surface area contributed by atoms with E-state index < -0.39 is 0 Å². The first-order chi connectivity index (χ1) is 13.2. The van der Waals surface area contributed by atoms with Crippen molar-refractivity contribution in [2.24, 2.45) is 0 Å². The highest BCUT2D eigenvalue weighted by atomic mass is 19.1. The molecule has 2 fully saturated rings. The van der Waals surface area contributed by atoms with Crippen molar-refractivity contribution in [3.63, 3.8) is 0 Å². The third-order valence-corrected chi connectivity index (χ3v) is 5.96. The predicted molar refractivity (Wildman–Crippen MR) is 104 cm³/mol. The molecule has 5 heteroatoms. The molecule has 27 heavy (non-hydrogen) atoms. The van der Waals surface area contributed by atoms with Crippen LogP contribution in [-0.4, -0.2) is 44.3 Å². The van der Waals surface area contributed by atoms with E-state index in [-0.39, 0.29) is 5.82 Å². The summed E-state index contributed by atoms with van der Waals surface area (Å²) in [6, 6.07) is 14.3. The lowest BCUT2D eigenvalue weighted by Gasteiger charge is -2.33. The Bertz CT molecular complexity index is 798. The molecule has 2 heterocycles. The fourth-order valence-electron chi connectivity index (χ4n) is 4.59. The van der Waals surface area contributed by atoms with E-state index in [4.69, 9.17) is 9.47 Å². The second kappa shape index (κ2) is 7.87. The normalized spacial score (nSPS) is 25.2. The molecule has 0 unspecified atom stereocenters. The Hall–Kier alpha value is -2.11. The first kappa shape index (κ1) is 18.3. The summed E-state index contributed by atoms with van der Waals surface area (Å²) in [5, 5.41) is 3.72. The van der Waals surface area contributed by atoms with Gasteiger partial charge in [-0.15, -0.1) is 0 Å². The summed E-state index contributed by atoms with van der Waals surface area (Å²) in [6.07, 6.45) is 2.31. The molecule has 2 aliphatic rings. The molecule has 0 aromatic heterocycles. The van der Waals surface area contributed by atoms with Crippen LogP contribution in [0.15, 0.2) is 42.5 Å². The van der Waals surface area contributed by atoms with Crippen LogP contribution in [0.2, 0.25) is 0 Å². The Kier molecular flexibility index (Phi) is 5.32. The molecule has 2 aromatic carbocycles. The number of piperidine rings is 1. The zero-order valence-electron chi connectivity index (χ0n) is 16.0. The van der Waals surface area contributed by atoms with Crippen LogP contribution in [-0.2, 0) is 6.54 Å². The molecule has 144 valence electrons. The van der Waals surface area contributed by atoms with Crippen LogP contribution in [0.1, 0.15) is 29.9 Å². The van der Waals surface area contributed by atoms with Gasteiger partial charge in [-0.2, -0.15) is 0 Å². The molecule has 0 amide bonds. The number of methoxy groups -OCH3 is 2. The Balaban J connectivity index is 1.58. The van der Waals surface area contributed by atoms with E-state index in [1.807, 2.05) is 18.2 Å². The van der Waals surface area contributed by atoms with Crippen molar-refractivity contribution < 1.29 is 13.9 Å². The third-order valence-electron chi connectivity index (χ3n) is 5.96. The maximum Gasteiger partial charge on any atom is 0.131 e. The molecule has 3 atom stereocenters. The van der Waals surface area contributed by atoms with Crippen LogP contribution in [0.3, 0.4) is 0 Å². The fourth-order valence-corrected chi connectivity index (χ4v) is 4.59. The second-order valence-corrected chi connectivity index (χ2v) is 7.46. The van der Waals surface area contributed by atoms with Crippen LogP contribution in [0.25, 0.3) is 0 Å². The van der Waals surface area contributed by atoms with E-state index in [1.54, 1.807) is 14.2 Å². The minimum Gasteiger partial charge on any atom is -0.497 e. The smallest absolute Gasteiger partial charge is 0.131 e. The SMILES string of the molecule is COc1cccc([C@H]2CN(Cc3ccc(OC)cc3F)[C@@H]3CCCN[C@H]23)c1. The maximum absolute atomic E-state index is 14.5. The van der Waals surface area contributed by atoms with Gasteiger partial charge in [-0.25, -0.2) is 4.39 Å². The summed E-state index contributed by atoms with van der Waals surface area (Å²) in [5.41, 5.74) is 2.02. The fraction of sp³-hybridized carbons (Fsp3) is 0.455. The van der Waals surface area contributed by atoms with Crippen LogP contribution in [0.4, 0.5) is 4.39 Å². The van der Waals surface area contributed by atoms with E-state index >= 15 is 0 Å². The van der Waals surface area contributed by atoms with Gasteiger partial charge >= 0.3 is 0 Å². The van der Waals surface area contributed by atoms with E-state index in [9.17, 15) is 4.39 Å². The van der Waals surface area contributed by atoms with E-state index in [2.05, 4.69) is 28.4 Å². The molecule has 0 saturated carbocycles. The van der Waals surface area contributed by atoms with Crippen molar-refractivity contribution >= 4 is 0 Å². The van der Waals surface area contributed by atoms with Crippen molar-refractivity contribution in [2.75, 3.05) is 27.3 Å². The molecular weight excluding hydrogens is 343 g/mol. The topological polar surface area (TPSA) is 33.7 Å². The third kappa shape index (κ3) is 3.66. The van der Waals surface area contributed by atoms with Gasteiger partial charge in [-0.1, -0.05) is 18.2 Å². The summed E-state index contributed by atoms with van der Waals surface area (Å²) in [4.78, 5) is 2.44. The molecule has 0 aliphatic carbocycles. The molecular formula is C22H27FN2O2. The van der Waals surface area contributed by atoms with Gasteiger partial charge in [0.15, 0.2) is 0 Å². The van der Waals surface area contributed by atoms with Crippen molar-refractivity contribution in [1.29, 1.82) is 0 Å². The first-order valence-corrected chi connectivity index (χ1v) is 9.63.